The third-order valence-corrected chi connectivity index (χ3v) is 5.87. The van der Waals surface area contributed by atoms with Gasteiger partial charge in [-0.1, -0.05) is 24.3 Å². The Hall–Kier alpha value is -1.22. The van der Waals surface area contributed by atoms with E-state index in [0.29, 0.717) is 11.6 Å². The second-order valence-electron chi connectivity index (χ2n) is 7.49. The molecule has 1 aromatic heterocycles. The number of ether oxygens (including phenoxy) is 1. The third-order valence-electron chi connectivity index (χ3n) is 5.06. The molecule has 0 spiro atoms. The van der Waals surface area contributed by atoms with Crippen LogP contribution >= 0.6 is 36.2 Å². The number of aromatic nitrogens is 1. The predicted molar refractivity (Wildman–Crippen MR) is 121 cm³/mol. The fourth-order valence-electron chi connectivity index (χ4n) is 3.91. The Bertz CT molecular complexity index is 809. The molecular weight excluding hydrogens is 431 g/mol. The molecule has 3 atom stereocenters. The van der Waals surface area contributed by atoms with Crippen molar-refractivity contribution in [2.75, 3.05) is 18.4 Å². The number of halogens is 2. The number of rotatable bonds is 4. The molecule has 1 aromatic carbocycles. The van der Waals surface area contributed by atoms with Gasteiger partial charge in [-0.2, -0.15) is 0 Å². The minimum absolute atomic E-state index is 0. The van der Waals surface area contributed by atoms with Crippen molar-refractivity contribution < 1.29 is 9.53 Å². The summed E-state index contributed by atoms with van der Waals surface area (Å²) in [5, 5.41) is 9.00. The van der Waals surface area contributed by atoms with Crippen molar-refractivity contribution in [3.05, 3.63) is 46.5 Å². The smallest absolute Gasteiger partial charge is 0.243 e. The molecule has 29 heavy (non-hydrogen) atoms. The van der Waals surface area contributed by atoms with Crippen LogP contribution in [0, 0.1) is 0 Å². The van der Waals surface area contributed by atoms with Crippen molar-refractivity contribution in [3.63, 3.8) is 0 Å². The number of fused-ring (bicyclic) bond motifs is 1. The van der Waals surface area contributed by atoms with E-state index in [1.807, 2.05) is 17.5 Å². The highest BCUT2D eigenvalue weighted by molar-refractivity contribution is 7.13. The van der Waals surface area contributed by atoms with Crippen molar-refractivity contribution in [2.45, 2.75) is 51.6 Å². The number of hydrogen-bond acceptors (Lipinski definition) is 6. The van der Waals surface area contributed by atoms with E-state index in [1.165, 1.54) is 22.5 Å². The minimum atomic E-state index is -0.215. The molecule has 0 bridgehead atoms. The summed E-state index contributed by atoms with van der Waals surface area (Å²) in [4.78, 5) is 19.6. The first-order valence-electron chi connectivity index (χ1n) is 9.50. The van der Waals surface area contributed by atoms with Gasteiger partial charge in [-0.15, -0.1) is 36.2 Å². The van der Waals surface area contributed by atoms with E-state index < -0.39 is 0 Å². The lowest BCUT2D eigenvalue weighted by atomic mass is 9.95. The summed E-state index contributed by atoms with van der Waals surface area (Å²) < 4.78 is 5.78. The summed E-state index contributed by atoms with van der Waals surface area (Å²) in [5.41, 5.74) is 3.51. The molecule has 2 N–H and O–H groups in total. The SMILES string of the molecule is CC1CN(Cc2csc(NC(=O)C3Cc4ccccc4CN3)n2)CC(C)O1.Cl.Cl. The van der Waals surface area contributed by atoms with E-state index >= 15 is 0 Å². The van der Waals surface area contributed by atoms with Gasteiger partial charge in [0.1, 0.15) is 0 Å². The molecule has 0 aliphatic carbocycles. The molecule has 1 amide bonds. The Balaban J connectivity index is 0.00000150. The Labute approximate surface area is 188 Å². The average molecular weight is 459 g/mol. The molecular formula is C20H28Cl2N4O2S. The zero-order chi connectivity index (χ0) is 18.8. The summed E-state index contributed by atoms with van der Waals surface area (Å²) in [6.07, 6.45) is 1.20. The van der Waals surface area contributed by atoms with Crippen LogP contribution in [-0.4, -0.2) is 47.1 Å². The molecule has 9 heteroatoms. The van der Waals surface area contributed by atoms with Crippen LogP contribution in [0.2, 0.25) is 0 Å². The molecule has 2 aliphatic heterocycles. The standard InChI is InChI=1S/C20H26N4O2S.2ClH/c1-13-9-24(10-14(2)26-13)11-17-12-27-20(22-17)23-19(25)18-7-15-5-3-4-6-16(15)8-21-18;;/h3-6,12-14,18,21H,7-11H2,1-2H3,(H,22,23,25);2*1H. The normalized spacial score (nSPS) is 24.0. The van der Waals surface area contributed by atoms with Crippen LogP contribution < -0.4 is 10.6 Å². The van der Waals surface area contributed by atoms with Crippen LogP contribution in [0.25, 0.3) is 0 Å². The lowest BCUT2D eigenvalue weighted by Gasteiger charge is -2.34. The van der Waals surface area contributed by atoms with Gasteiger partial charge in [0.05, 0.1) is 23.9 Å². The molecule has 1 fully saturated rings. The van der Waals surface area contributed by atoms with E-state index in [1.54, 1.807) is 0 Å². The Morgan fingerprint density at radius 1 is 1.24 bits per heavy atom. The molecule has 0 radical (unpaired) electrons. The quantitative estimate of drug-likeness (QED) is 0.735. The number of carbonyl (C=O) groups excluding carboxylic acids is 1. The Morgan fingerprint density at radius 3 is 2.66 bits per heavy atom. The summed E-state index contributed by atoms with van der Waals surface area (Å²) in [5.74, 6) is -0.0148. The first kappa shape index (κ1) is 24.1. The number of benzene rings is 1. The fourth-order valence-corrected chi connectivity index (χ4v) is 4.62. The van der Waals surface area contributed by atoms with Gasteiger partial charge < -0.3 is 15.4 Å². The van der Waals surface area contributed by atoms with E-state index in [4.69, 9.17) is 4.74 Å². The largest absolute Gasteiger partial charge is 0.373 e. The number of morpholine rings is 1. The lowest BCUT2D eigenvalue weighted by Crippen LogP contribution is -2.45. The van der Waals surface area contributed by atoms with Crippen LogP contribution in [0.15, 0.2) is 29.6 Å². The summed E-state index contributed by atoms with van der Waals surface area (Å²) in [6, 6.07) is 8.06. The second-order valence-corrected chi connectivity index (χ2v) is 8.35. The van der Waals surface area contributed by atoms with Crippen molar-refractivity contribution in [1.82, 2.24) is 15.2 Å². The molecule has 0 saturated carbocycles. The topological polar surface area (TPSA) is 66.5 Å². The van der Waals surface area contributed by atoms with Gasteiger partial charge in [-0.05, 0) is 31.4 Å². The van der Waals surface area contributed by atoms with Gasteiger partial charge in [0.25, 0.3) is 0 Å². The van der Waals surface area contributed by atoms with Gasteiger partial charge in [-0.25, -0.2) is 4.98 Å². The van der Waals surface area contributed by atoms with Crippen molar-refractivity contribution in [3.8, 4) is 0 Å². The highest BCUT2D eigenvalue weighted by Crippen LogP contribution is 2.21. The number of amides is 1. The highest BCUT2D eigenvalue weighted by Gasteiger charge is 2.25. The van der Waals surface area contributed by atoms with Crippen LogP contribution in [0.3, 0.4) is 0 Å². The number of nitrogens with one attached hydrogen (secondary N) is 2. The summed E-state index contributed by atoms with van der Waals surface area (Å²) in [7, 11) is 0. The van der Waals surface area contributed by atoms with Crippen molar-refractivity contribution >= 4 is 47.2 Å². The second kappa shape index (κ2) is 10.7. The molecule has 3 unspecified atom stereocenters. The highest BCUT2D eigenvalue weighted by atomic mass is 35.5. The summed E-state index contributed by atoms with van der Waals surface area (Å²) in [6.45, 7) is 7.55. The van der Waals surface area contributed by atoms with Crippen molar-refractivity contribution in [1.29, 1.82) is 0 Å². The third kappa shape index (κ3) is 6.13. The van der Waals surface area contributed by atoms with Crippen LogP contribution in [0.5, 0.6) is 0 Å². The van der Waals surface area contributed by atoms with Gasteiger partial charge in [-0.3, -0.25) is 9.69 Å². The van der Waals surface area contributed by atoms with Gasteiger partial charge in [0.15, 0.2) is 5.13 Å². The molecule has 6 nitrogen and oxygen atoms in total. The van der Waals surface area contributed by atoms with Gasteiger partial charge >= 0.3 is 0 Å². The van der Waals surface area contributed by atoms with Crippen LogP contribution in [-0.2, 0) is 29.0 Å². The minimum Gasteiger partial charge on any atom is -0.373 e. The molecule has 1 saturated heterocycles. The van der Waals surface area contributed by atoms with Crippen LogP contribution in [0.1, 0.15) is 30.7 Å². The molecule has 2 aliphatic rings. The first-order valence-corrected chi connectivity index (χ1v) is 10.4. The number of thiazole rings is 1. The van der Waals surface area contributed by atoms with E-state index in [9.17, 15) is 4.79 Å². The maximum atomic E-state index is 12.6. The van der Waals surface area contributed by atoms with Crippen molar-refractivity contribution in [2.24, 2.45) is 0 Å². The monoisotopic (exact) mass is 458 g/mol. The van der Waals surface area contributed by atoms with E-state index in [0.717, 1.165) is 31.9 Å². The van der Waals surface area contributed by atoms with E-state index in [-0.39, 0.29) is 49.0 Å². The van der Waals surface area contributed by atoms with Crippen LogP contribution in [0.4, 0.5) is 5.13 Å². The van der Waals surface area contributed by atoms with Gasteiger partial charge in [0.2, 0.25) is 5.91 Å². The number of hydrogen-bond donors (Lipinski definition) is 2. The van der Waals surface area contributed by atoms with E-state index in [2.05, 4.69) is 46.5 Å². The maximum Gasteiger partial charge on any atom is 0.243 e. The maximum absolute atomic E-state index is 12.6. The Kier molecular flexibility index (Phi) is 8.88. The first-order chi connectivity index (χ1) is 13.1. The number of anilines is 1. The molecule has 2 aromatic rings. The predicted octanol–water partition coefficient (Wildman–Crippen LogP) is 3.25. The lowest BCUT2D eigenvalue weighted by molar-refractivity contribution is -0.118. The zero-order valence-corrected chi connectivity index (χ0v) is 19.0. The average Bonchev–Trinajstić information content (AvgIpc) is 3.07. The Morgan fingerprint density at radius 2 is 1.93 bits per heavy atom. The summed E-state index contributed by atoms with van der Waals surface area (Å²) >= 11 is 1.49. The number of carbonyl (C=O) groups is 1. The molecule has 4 rings (SSSR count). The fraction of sp³-hybridized carbons (Fsp3) is 0.500. The molecule has 160 valence electrons. The zero-order valence-electron chi connectivity index (χ0n) is 16.6. The molecule has 3 heterocycles. The number of nitrogens with zero attached hydrogens (tertiary/aromatic N) is 2. The van der Waals surface area contributed by atoms with Gasteiger partial charge in [0, 0.05) is 31.6 Å².